The van der Waals surface area contributed by atoms with Crippen LogP contribution in [-0.4, -0.2) is 37.0 Å². The Bertz CT molecular complexity index is 417. The van der Waals surface area contributed by atoms with Crippen LogP contribution in [0.1, 0.15) is 32.1 Å². The Kier molecular flexibility index (Phi) is 5.19. The minimum atomic E-state index is -5.82. The minimum absolute atomic E-state index is 0.292. The molecule has 0 heterocycles. The maximum absolute atomic E-state index is 13.0. The molecule has 0 amide bonds. The molecular weight excluding hydrogens is 289 g/mol. The Labute approximate surface area is 108 Å². The van der Waals surface area contributed by atoms with Gasteiger partial charge in [0.1, 0.15) is 0 Å². The van der Waals surface area contributed by atoms with Crippen molar-refractivity contribution in [3.63, 3.8) is 0 Å². The summed E-state index contributed by atoms with van der Waals surface area (Å²) < 4.78 is 71.9. The summed E-state index contributed by atoms with van der Waals surface area (Å²) in [6.45, 7) is -0.651. The zero-order chi connectivity index (χ0) is 14.7. The fraction of sp³-hybridized carbons (Fsp3) is 0.900. The maximum atomic E-state index is 13.0. The van der Waals surface area contributed by atoms with Gasteiger partial charge in [0.15, 0.2) is 6.17 Å². The molecule has 1 N–H and O–H groups in total. The van der Waals surface area contributed by atoms with Gasteiger partial charge < -0.3 is 4.74 Å². The number of hydrogen-bond donors (Lipinski definition) is 1. The number of halogens is 3. The van der Waals surface area contributed by atoms with Gasteiger partial charge in [0.25, 0.3) is 0 Å². The topological polar surface area (TPSA) is 80.7 Å². The molecule has 19 heavy (non-hydrogen) atoms. The monoisotopic (exact) mass is 304 g/mol. The van der Waals surface area contributed by atoms with Gasteiger partial charge in [0.2, 0.25) is 0 Å². The standard InChI is InChI=1S/C10H15F3O5S/c11-8(10(12,13)19(15,16)17)5-6-18-9(14)7-3-1-2-4-7/h7-8H,1-6H2,(H,15,16,17). The van der Waals surface area contributed by atoms with Crippen LogP contribution >= 0.6 is 0 Å². The van der Waals surface area contributed by atoms with Gasteiger partial charge in [0.05, 0.1) is 12.5 Å². The number of carbonyl (C=O) groups is 1. The average Bonchev–Trinajstić information content (AvgIpc) is 2.80. The highest BCUT2D eigenvalue weighted by Crippen LogP contribution is 2.30. The molecular formula is C10H15F3O5S. The molecule has 9 heteroatoms. The highest BCUT2D eigenvalue weighted by atomic mass is 32.2. The van der Waals surface area contributed by atoms with Crippen molar-refractivity contribution in [1.29, 1.82) is 0 Å². The Morgan fingerprint density at radius 2 is 1.89 bits per heavy atom. The number of hydrogen-bond acceptors (Lipinski definition) is 4. The minimum Gasteiger partial charge on any atom is -0.465 e. The predicted octanol–water partition coefficient (Wildman–Crippen LogP) is 1.93. The molecule has 112 valence electrons. The summed E-state index contributed by atoms with van der Waals surface area (Å²) in [6, 6.07) is 0. The van der Waals surface area contributed by atoms with Gasteiger partial charge in [-0.05, 0) is 12.8 Å². The second-order valence-corrected chi connectivity index (χ2v) is 5.94. The fourth-order valence-electron chi connectivity index (χ4n) is 1.87. The van der Waals surface area contributed by atoms with Crippen molar-refractivity contribution in [2.24, 2.45) is 5.92 Å². The Balaban J connectivity index is 2.38. The molecule has 0 saturated heterocycles. The highest BCUT2D eigenvalue weighted by molar-refractivity contribution is 7.86. The number of ether oxygens (including phenoxy) is 1. The van der Waals surface area contributed by atoms with Crippen molar-refractivity contribution in [3.8, 4) is 0 Å². The van der Waals surface area contributed by atoms with E-state index in [4.69, 9.17) is 4.55 Å². The maximum Gasteiger partial charge on any atom is 0.400 e. The van der Waals surface area contributed by atoms with Crippen LogP contribution in [0.15, 0.2) is 0 Å². The van der Waals surface area contributed by atoms with Crippen LogP contribution in [0, 0.1) is 5.92 Å². The number of alkyl halides is 3. The molecule has 0 aromatic carbocycles. The van der Waals surface area contributed by atoms with E-state index >= 15 is 0 Å². The lowest BCUT2D eigenvalue weighted by atomic mass is 10.1. The van der Waals surface area contributed by atoms with Crippen molar-refractivity contribution in [1.82, 2.24) is 0 Å². The van der Waals surface area contributed by atoms with Crippen LogP contribution < -0.4 is 0 Å². The molecule has 1 fully saturated rings. The van der Waals surface area contributed by atoms with Crippen LogP contribution in [0.2, 0.25) is 0 Å². The molecule has 0 aliphatic heterocycles. The van der Waals surface area contributed by atoms with Gasteiger partial charge in [-0.2, -0.15) is 17.2 Å². The summed E-state index contributed by atoms with van der Waals surface area (Å²) in [4.78, 5) is 11.4. The lowest BCUT2D eigenvalue weighted by molar-refractivity contribution is -0.149. The summed E-state index contributed by atoms with van der Waals surface area (Å²) in [5, 5.41) is -4.90. The predicted molar refractivity (Wildman–Crippen MR) is 58.9 cm³/mol. The van der Waals surface area contributed by atoms with Gasteiger partial charge >= 0.3 is 21.3 Å². The second kappa shape index (κ2) is 6.08. The third-order valence-corrected chi connectivity index (χ3v) is 3.96. The third-order valence-electron chi connectivity index (χ3n) is 3.01. The van der Waals surface area contributed by atoms with Crippen LogP contribution in [0.4, 0.5) is 13.2 Å². The molecule has 0 aromatic heterocycles. The number of esters is 1. The third kappa shape index (κ3) is 4.07. The molecule has 0 spiro atoms. The van der Waals surface area contributed by atoms with Gasteiger partial charge in [-0.1, -0.05) is 12.8 Å². The lowest BCUT2D eigenvalue weighted by Gasteiger charge is -2.17. The summed E-state index contributed by atoms with van der Waals surface area (Å²) in [5.41, 5.74) is 0. The first-order valence-corrected chi connectivity index (χ1v) is 7.26. The Hall–Kier alpha value is -0.830. The zero-order valence-corrected chi connectivity index (χ0v) is 10.8. The number of rotatable bonds is 6. The van der Waals surface area contributed by atoms with Gasteiger partial charge in [-0.25, -0.2) is 4.39 Å². The van der Waals surface area contributed by atoms with E-state index in [1.54, 1.807) is 0 Å². The SMILES string of the molecule is O=C(OCCC(F)C(F)(F)S(=O)(=O)O)C1CCCC1. The van der Waals surface area contributed by atoms with Crippen molar-refractivity contribution in [2.75, 3.05) is 6.61 Å². The van der Waals surface area contributed by atoms with E-state index in [0.717, 1.165) is 12.8 Å². The average molecular weight is 304 g/mol. The van der Waals surface area contributed by atoms with E-state index in [1.165, 1.54) is 0 Å². The van der Waals surface area contributed by atoms with E-state index in [9.17, 15) is 26.4 Å². The smallest absolute Gasteiger partial charge is 0.400 e. The van der Waals surface area contributed by atoms with E-state index < -0.39 is 40.5 Å². The lowest BCUT2D eigenvalue weighted by Crippen LogP contribution is -2.39. The van der Waals surface area contributed by atoms with Gasteiger partial charge in [0, 0.05) is 6.42 Å². The fourth-order valence-corrected chi connectivity index (χ4v) is 2.31. The Morgan fingerprint density at radius 3 is 2.37 bits per heavy atom. The normalized spacial score (nSPS) is 19.4. The van der Waals surface area contributed by atoms with Crippen molar-refractivity contribution in [2.45, 2.75) is 43.5 Å². The quantitative estimate of drug-likeness (QED) is 0.599. The molecule has 1 rings (SSSR count). The van der Waals surface area contributed by atoms with E-state index in [2.05, 4.69) is 4.74 Å². The molecule has 1 atom stereocenters. The van der Waals surface area contributed by atoms with Crippen LogP contribution in [-0.2, 0) is 19.6 Å². The van der Waals surface area contributed by atoms with E-state index in [1.807, 2.05) is 0 Å². The largest absolute Gasteiger partial charge is 0.465 e. The first-order valence-electron chi connectivity index (χ1n) is 5.82. The second-order valence-electron chi connectivity index (χ2n) is 4.44. The zero-order valence-electron chi connectivity index (χ0n) is 10.0. The van der Waals surface area contributed by atoms with Gasteiger partial charge in [-0.15, -0.1) is 0 Å². The first-order chi connectivity index (χ1) is 8.66. The molecule has 0 radical (unpaired) electrons. The van der Waals surface area contributed by atoms with Crippen LogP contribution in [0.25, 0.3) is 0 Å². The summed E-state index contributed by atoms with van der Waals surface area (Å²) >= 11 is 0. The van der Waals surface area contributed by atoms with Gasteiger partial charge in [-0.3, -0.25) is 9.35 Å². The molecule has 0 bridgehead atoms. The highest BCUT2D eigenvalue weighted by Gasteiger charge is 2.52. The summed E-state index contributed by atoms with van der Waals surface area (Å²) in [5.74, 6) is -0.875. The molecule has 1 saturated carbocycles. The van der Waals surface area contributed by atoms with E-state index in [0.29, 0.717) is 12.8 Å². The number of carbonyl (C=O) groups excluding carboxylic acids is 1. The van der Waals surface area contributed by atoms with Crippen molar-refractivity contribution >= 4 is 16.1 Å². The molecule has 0 aromatic rings. The first kappa shape index (κ1) is 16.2. The molecule has 1 aliphatic carbocycles. The van der Waals surface area contributed by atoms with Crippen LogP contribution in [0.3, 0.4) is 0 Å². The summed E-state index contributed by atoms with van der Waals surface area (Å²) in [6.07, 6.45) is -1.05. The van der Waals surface area contributed by atoms with Crippen LogP contribution in [0.5, 0.6) is 0 Å². The van der Waals surface area contributed by atoms with E-state index in [-0.39, 0.29) is 5.92 Å². The van der Waals surface area contributed by atoms with Crippen molar-refractivity contribution < 1.29 is 35.7 Å². The molecule has 1 unspecified atom stereocenters. The molecule has 5 nitrogen and oxygen atoms in total. The molecule has 1 aliphatic rings. The summed E-state index contributed by atoms with van der Waals surface area (Å²) in [7, 11) is -5.82. The van der Waals surface area contributed by atoms with Crippen molar-refractivity contribution in [3.05, 3.63) is 0 Å². The Morgan fingerprint density at radius 1 is 1.37 bits per heavy atom.